The van der Waals surface area contributed by atoms with Gasteiger partial charge in [0, 0.05) is 15.2 Å². The predicted octanol–water partition coefficient (Wildman–Crippen LogP) is 3.84. The van der Waals surface area contributed by atoms with Gasteiger partial charge >= 0.3 is 0 Å². The zero-order valence-corrected chi connectivity index (χ0v) is 14.5. The van der Waals surface area contributed by atoms with Gasteiger partial charge in [-0.15, -0.1) is 0 Å². The number of amides is 1. The van der Waals surface area contributed by atoms with Crippen molar-refractivity contribution >= 4 is 39.9 Å². The van der Waals surface area contributed by atoms with Gasteiger partial charge in [0.2, 0.25) is 0 Å². The molecule has 4 nitrogen and oxygen atoms in total. The van der Waals surface area contributed by atoms with Crippen LogP contribution in [0.15, 0.2) is 36.4 Å². The third-order valence-corrected chi connectivity index (χ3v) is 4.77. The van der Waals surface area contributed by atoms with Gasteiger partial charge in [0.05, 0.1) is 24.6 Å². The molecule has 0 N–H and O–H groups in total. The lowest BCUT2D eigenvalue weighted by atomic mass is 10.1. The number of hydrogen-bond acceptors (Lipinski definition) is 3. The molecule has 2 aromatic rings. The maximum Gasteiger partial charge on any atom is 0.297 e. The third kappa shape index (κ3) is 2.26. The van der Waals surface area contributed by atoms with E-state index in [0.29, 0.717) is 30.9 Å². The number of carbonyl (C=O) groups excluding carboxylic acids is 1. The summed E-state index contributed by atoms with van der Waals surface area (Å²) in [5.74, 6) is -3.95. The molecule has 4 rings (SSSR count). The van der Waals surface area contributed by atoms with E-state index in [1.54, 1.807) is 6.07 Å². The van der Waals surface area contributed by atoms with Gasteiger partial charge in [-0.1, -0.05) is 0 Å². The monoisotopic (exact) mass is 443 g/mol. The van der Waals surface area contributed by atoms with Gasteiger partial charge in [-0.25, -0.2) is 8.78 Å². The number of halogens is 3. The number of benzene rings is 2. The first kappa shape index (κ1) is 15.9. The number of carbonyl (C=O) groups is 1. The lowest BCUT2D eigenvalue weighted by Gasteiger charge is -2.32. The third-order valence-electron chi connectivity index (χ3n) is 4.10. The molecule has 0 saturated carbocycles. The van der Waals surface area contributed by atoms with E-state index in [0.717, 1.165) is 15.7 Å². The van der Waals surface area contributed by atoms with Crippen LogP contribution in [-0.2, 0) is 20.1 Å². The molecule has 0 aromatic heterocycles. The molecule has 0 unspecified atom stereocenters. The minimum Gasteiger partial charge on any atom is -0.338 e. The van der Waals surface area contributed by atoms with E-state index in [2.05, 4.69) is 22.6 Å². The van der Waals surface area contributed by atoms with Gasteiger partial charge in [0.15, 0.2) is 11.6 Å². The fourth-order valence-electron chi connectivity index (χ4n) is 3.03. The lowest BCUT2D eigenvalue weighted by molar-refractivity contribution is -0.256. The van der Waals surface area contributed by atoms with Gasteiger partial charge in [0.1, 0.15) is 0 Å². The summed E-state index contributed by atoms with van der Waals surface area (Å²) in [6, 6.07) is 8.77. The van der Waals surface area contributed by atoms with Crippen LogP contribution in [0.1, 0.15) is 12.0 Å². The summed E-state index contributed by atoms with van der Waals surface area (Å²) >= 11 is 2.14. The molecule has 2 aromatic carbocycles. The lowest BCUT2D eigenvalue weighted by Crippen LogP contribution is -2.46. The Bertz CT molecular complexity index is 837. The zero-order valence-electron chi connectivity index (χ0n) is 12.4. The molecular formula is C17H12F2INO3. The molecule has 2 aliphatic rings. The quantitative estimate of drug-likeness (QED) is 0.629. The molecule has 24 heavy (non-hydrogen) atoms. The SMILES string of the molecule is O=C1N(c2ccc(F)c(F)c2)c2ccc(I)cc2C12OCCCO2. The largest absolute Gasteiger partial charge is 0.338 e. The number of hydrogen-bond donors (Lipinski definition) is 0. The van der Waals surface area contributed by atoms with E-state index in [9.17, 15) is 13.6 Å². The van der Waals surface area contributed by atoms with Crippen LogP contribution in [0.5, 0.6) is 0 Å². The number of rotatable bonds is 1. The Labute approximate surface area is 150 Å². The first-order valence-electron chi connectivity index (χ1n) is 7.40. The smallest absolute Gasteiger partial charge is 0.297 e. The first-order valence-corrected chi connectivity index (χ1v) is 8.48. The molecule has 7 heteroatoms. The maximum absolute atomic E-state index is 13.7. The highest BCUT2D eigenvalue weighted by atomic mass is 127. The van der Waals surface area contributed by atoms with Crippen LogP contribution in [0.2, 0.25) is 0 Å². The average molecular weight is 443 g/mol. The Morgan fingerprint density at radius 1 is 1.04 bits per heavy atom. The van der Waals surface area contributed by atoms with E-state index in [4.69, 9.17) is 9.47 Å². The second-order valence-electron chi connectivity index (χ2n) is 5.57. The Kier molecular flexibility index (Phi) is 3.81. The van der Waals surface area contributed by atoms with Crippen molar-refractivity contribution in [2.24, 2.45) is 0 Å². The summed E-state index contributed by atoms with van der Waals surface area (Å²) in [5.41, 5.74) is 1.37. The van der Waals surface area contributed by atoms with Crippen LogP contribution in [0, 0.1) is 15.2 Å². The number of nitrogens with zero attached hydrogens (tertiary/aromatic N) is 1. The highest BCUT2D eigenvalue weighted by Crippen LogP contribution is 2.48. The van der Waals surface area contributed by atoms with Crippen molar-refractivity contribution in [3.8, 4) is 0 Å². The van der Waals surface area contributed by atoms with Gasteiger partial charge in [-0.3, -0.25) is 9.69 Å². The minimum absolute atomic E-state index is 0.232. The van der Waals surface area contributed by atoms with Gasteiger partial charge in [-0.05, 0) is 59.3 Å². The van der Waals surface area contributed by atoms with Gasteiger partial charge in [0.25, 0.3) is 11.7 Å². The molecule has 0 atom stereocenters. The molecule has 1 saturated heterocycles. The van der Waals surface area contributed by atoms with E-state index in [1.165, 1.54) is 11.0 Å². The van der Waals surface area contributed by atoms with Crippen molar-refractivity contribution in [2.45, 2.75) is 12.2 Å². The van der Waals surface area contributed by atoms with E-state index >= 15 is 0 Å². The summed E-state index contributed by atoms with van der Waals surface area (Å²) in [5, 5.41) is 0. The molecule has 1 spiro atoms. The Balaban J connectivity index is 1.90. The van der Waals surface area contributed by atoms with Crippen LogP contribution in [-0.4, -0.2) is 19.1 Å². The van der Waals surface area contributed by atoms with Crippen molar-refractivity contribution < 1.29 is 23.0 Å². The number of fused-ring (bicyclic) bond motifs is 2. The van der Waals surface area contributed by atoms with E-state index < -0.39 is 23.3 Å². The molecule has 2 heterocycles. The standard InChI is InChI=1S/C17H12F2INO3/c18-13-4-3-11(9-14(13)19)21-15-5-2-10(20)8-12(15)17(16(21)22)23-6-1-7-24-17/h2-5,8-9H,1,6-7H2. The van der Waals surface area contributed by atoms with E-state index in [-0.39, 0.29) is 5.69 Å². The van der Waals surface area contributed by atoms with Crippen molar-refractivity contribution in [1.29, 1.82) is 0 Å². The summed E-state index contributed by atoms with van der Waals surface area (Å²) in [6.45, 7) is 0.782. The number of anilines is 2. The second-order valence-corrected chi connectivity index (χ2v) is 6.81. The topological polar surface area (TPSA) is 38.8 Å². The Morgan fingerprint density at radius 3 is 2.50 bits per heavy atom. The zero-order chi connectivity index (χ0) is 16.9. The molecule has 0 bridgehead atoms. The molecule has 0 aliphatic carbocycles. The van der Waals surface area contributed by atoms with Crippen LogP contribution in [0.4, 0.5) is 20.2 Å². The van der Waals surface area contributed by atoms with Crippen LogP contribution in [0.3, 0.4) is 0 Å². The van der Waals surface area contributed by atoms with Crippen molar-refractivity contribution in [2.75, 3.05) is 18.1 Å². The second kappa shape index (κ2) is 5.75. The molecular weight excluding hydrogens is 431 g/mol. The summed E-state index contributed by atoms with van der Waals surface area (Å²) in [7, 11) is 0. The molecule has 124 valence electrons. The highest BCUT2D eigenvalue weighted by Gasteiger charge is 2.55. The minimum atomic E-state index is -1.51. The Morgan fingerprint density at radius 2 is 1.79 bits per heavy atom. The summed E-state index contributed by atoms with van der Waals surface area (Å²) in [6.07, 6.45) is 0.694. The van der Waals surface area contributed by atoms with Gasteiger partial charge < -0.3 is 9.47 Å². The van der Waals surface area contributed by atoms with E-state index in [1.807, 2.05) is 12.1 Å². The van der Waals surface area contributed by atoms with Crippen LogP contribution < -0.4 is 4.90 Å². The molecule has 1 fully saturated rings. The van der Waals surface area contributed by atoms with Crippen molar-refractivity contribution in [1.82, 2.24) is 0 Å². The molecule has 1 amide bonds. The summed E-state index contributed by atoms with van der Waals surface area (Å²) in [4.78, 5) is 14.4. The maximum atomic E-state index is 13.7. The fraction of sp³-hybridized carbons (Fsp3) is 0.235. The Hall–Kier alpha value is -1.58. The van der Waals surface area contributed by atoms with Gasteiger partial charge in [-0.2, -0.15) is 0 Å². The van der Waals surface area contributed by atoms with Crippen molar-refractivity contribution in [3.05, 3.63) is 57.2 Å². The number of ether oxygens (including phenoxy) is 2. The fourth-order valence-corrected chi connectivity index (χ4v) is 3.52. The highest BCUT2D eigenvalue weighted by molar-refractivity contribution is 14.1. The van der Waals surface area contributed by atoms with Crippen molar-refractivity contribution in [3.63, 3.8) is 0 Å². The van der Waals surface area contributed by atoms with Crippen LogP contribution >= 0.6 is 22.6 Å². The first-order chi connectivity index (χ1) is 11.5. The molecule has 2 aliphatic heterocycles. The summed E-state index contributed by atoms with van der Waals surface area (Å²) < 4.78 is 39.3. The molecule has 0 radical (unpaired) electrons. The van der Waals surface area contributed by atoms with Crippen LogP contribution in [0.25, 0.3) is 0 Å². The predicted molar refractivity (Wildman–Crippen MR) is 90.9 cm³/mol. The average Bonchev–Trinajstić information content (AvgIpc) is 2.80. The normalized spacial score (nSPS) is 19.0.